The Hall–Kier alpha value is -1.36. The van der Waals surface area contributed by atoms with Crippen LogP contribution in [0.25, 0.3) is 4.85 Å². The SMILES string of the molecule is [C-]#[N+]C1(Cc2ccc(F)cc2)CC1. The average molecular weight is 175 g/mol. The van der Waals surface area contributed by atoms with E-state index in [1.807, 2.05) is 0 Å². The minimum atomic E-state index is -0.212. The van der Waals surface area contributed by atoms with Gasteiger partial charge in [0, 0.05) is 12.8 Å². The van der Waals surface area contributed by atoms with E-state index in [9.17, 15) is 4.39 Å². The first-order chi connectivity index (χ1) is 6.24. The van der Waals surface area contributed by atoms with E-state index in [0.29, 0.717) is 0 Å². The summed E-state index contributed by atoms with van der Waals surface area (Å²) in [4.78, 5) is 3.61. The van der Waals surface area contributed by atoms with Gasteiger partial charge in [0.1, 0.15) is 5.82 Å². The van der Waals surface area contributed by atoms with Gasteiger partial charge in [-0.3, -0.25) is 0 Å². The molecular weight excluding hydrogens is 165 g/mol. The molecule has 0 heterocycles. The van der Waals surface area contributed by atoms with E-state index in [1.54, 1.807) is 12.1 Å². The summed E-state index contributed by atoms with van der Waals surface area (Å²) in [5, 5.41) is 0. The second kappa shape index (κ2) is 2.85. The van der Waals surface area contributed by atoms with E-state index in [1.165, 1.54) is 12.1 Å². The predicted molar refractivity (Wildman–Crippen MR) is 48.7 cm³/mol. The van der Waals surface area contributed by atoms with Crippen molar-refractivity contribution in [2.24, 2.45) is 0 Å². The summed E-state index contributed by atoms with van der Waals surface area (Å²) in [5.41, 5.74) is 0.924. The highest BCUT2D eigenvalue weighted by Gasteiger charge is 2.50. The molecule has 0 bridgehead atoms. The summed E-state index contributed by atoms with van der Waals surface area (Å²) in [6, 6.07) is 6.44. The molecule has 0 radical (unpaired) electrons. The molecule has 1 aliphatic rings. The maximum atomic E-state index is 12.6. The van der Waals surface area contributed by atoms with Crippen LogP contribution in [0.5, 0.6) is 0 Å². The Kier molecular flexibility index (Phi) is 1.81. The van der Waals surface area contributed by atoms with Crippen LogP contribution in [0.4, 0.5) is 4.39 Å². The zero-order valence-electron chi connectivity index (χ0n) is 7.26. The molecule has 1 fully saturated rings. The van der Waals surface area contributed by atoms with E-state index in [4.69, 9.17) is 6.57 Å². The standard InChI is InChI=1S/C11H10FN/c1-13-11(6-7-11)8-9-2-4-10(12)5-3-9/h2-5H,6-8H2. The summed E-state index contributed by atoms with van der Waals surface area (Å²) < 4.78 is 12.6. The molecule has 0 N–H and O–H groups in total. The third kappa shape index (κ3) is 1.70. The van der Waals surface area contributed by atoms with Crippen LogP contribution in [0.2, 0.25) is 0 Å². The lowest BCUT2D eigenvalue weighted by molar-refractivity contribution is 0.626. The lowest BCUT2D eigenvalue weighted by Crippen LogP contribution is -2.05. The van der Waals surface area contributed by atoms with Gasteiger partial charge in [0.25, 0.3) is 0 Å². The summed E-state index contributed by atoms with van der Waals surface area (Å²) in [7, 11) is 0. The zero-order chi connectivity index (χ0) is 9.31. The Morgan fingerprint density at radius 3 is 2.38 bits per heavy atom. The molecule has 0 spiro atoms. The molecular formula is C11H10FN. The van der Waals surface area contributed by atoms with Crippen molar-refractivity contribution < 1.29 is 4.39 Å². The van der Waals surface area contributed by atoms with E-state index in [-0.39, 0.29) is 11.4 Å². The second-order valence-electron chi connectivity index (χ2n) is 3.64. The van der Waals surface area contributed by atoms with Crippen molar-refractivity contribution in [2.75, 3.05) is 0 Å². The number of hydrogen-bond acceptors (Lipinski definition) is 0. The summed E-state index contributed by atoms with van der Waals surface area (Å²) >= 11 is 0. The van der Waals surface area contributed by atoms with Crippen LogP contribution in [-0.4, -0.2) is 5.54 Å². The largest absolute Gasteiger partial charge is 0.310 e. The third-order valence-corrected chi connectivity index (χ3v) is 2.51. The molecule has 1 aliphatic carbocycles. The molecule has 0 amide bonds. The van der Waals surface area contributed by atoms with Gasteiger partial charge >= 0.3 is 0 Å². The molecule has 66 valence electrons. The van der Waals surface area contributed by atoms with Crippen molar-refractivity contribution in [1.29, 1.82) is 0 Å². The number of benzene rings is 1. The van der Waals surface area contributed by atoms with Gasteiger partial charge in [0.15, 0.2) is 0 Å². The third-order valence-electron chi connectivity index (χ3n) is 2.51. The first-order valence-corrected chi connectivity index (χ1v) is 4.37. The van der Waals surface area contributed by atoms with Crippen LogP contribution in [0, 0.1) is 12.4 Å². The van der Waals surface area contributed by atoms with Crippen molar-refractivity contribution in [2.45, 2.75) is 24.8 Å². The van der Waals surface area contributed by atoms with E-state index in [0.717, 1.165) is 24.8 Å². The molecule has 0 aliphatic heterocycles. The Balaban J connectivity index is 2.11. The molecule has 1 aromatic rings. The van der Waals surface area contributed by atoms with E-state index < -0.39 is 0 Å². The van der Waals surface area contributed by atoms with Gasteiger partial charge in [-0.15, -0.1) is 0 Å². The number of hydrogen-bond donors (Lipinski definition) is 0. The van der Waals surface area contributed by atoms with Gasteiger partial charge in [-0.1, -0.05) is 12.1 Å². The number of rotatable bonds is 2. The van der Waals surface area contributed by atoms with Gasteiger partial charge < -0.3 is 4.85 Å². The Morgan fingerprint density at radius 1 is 1.31 bits per heavy atom. The minimum Gasteiger partial charge on any atom is -0.310 e. The van der Waals surface area contributed by atoms with Crippen LogP contribution in [-0.2, 0) is 6.42 Å². The molecule has 1 nitrogen and oxygen atoms in total. The lowest BCUT2D eigenvalue weighted by atomic mass is 10.1. The van der Waals surface area contributed by atoms with Gasteiger partial charge in [-0.05, 0) is 17.7 Å². The number of halogens is 1. The summed E-state index contributed by atoms with van der Waals surface area (Å²) in [6.07, 6.45) is 2.76. The first-order valence-electron chi connectivity index (χ1n) is 4.37. The van der Waals surface area contributed by atoms with Gasteiger partial charge in [-0.2, -0.15) is 0 Å². The predicted octanol–water partition coefficient (Wildman–Crippen LogP) is 2.82. The highest BCUT2D eigenvalue weighted by Crippen LogP contribution is 2.42. The summed E-state index contributed by atoms with van der Waals surface area (Å²) in [5.74, 6) is -0.212. The molecule has 0 saturated heterocycles. The van der Waals surface area contributed by atoms with Crippen LogP contribution in [0.3, 0.4) is 0 Å². The Bertz CT molecular complexity index is 343. The highest BCUT2D eigenvalue weighted by molar-refractivity contribution is 5.24. The smallest absolute Gasteiger partial charge is 0.237 e. The first kappa shape index (κ1) is 8.25. The lowest BCUT2D eigenvalue weighted by Gasteiger charge is -2.01. The van der Waals surface area contributed by atoms with Crippen molar-refractivity contribution in [3.8, 4) is 0 Å². The van der Waals surface area contributed by atoms with Crippen LogP contribution in [0.15, 0.2) is 24.3 Å². The molecule has 13 heavy (non-hydrogen) atoms. The monoisotopic (exact) mass is 175 g/mol. The minimum absolute atomic E-state index is 0.141. The van der Waals surface area contributed by atoms with Crippen LogP contribution in [0.1, 0.15) is 18.4 Å². The topological polar surface area (TPSA) is 4.36 Å². The molecule has 1 saturated carbocycles. The average Bonchev–Trinajstić information content (AvgIpc) is 2.90. The fourth-order valence-electron chi connectivity index (χ4n) is 1.45. The fourth-order valence-corrected chi connectivity index (χ4v) is 1.45. The normalized spacial score (nSPS) is 17.8. The summed E-state index contributed by atoms with van der Waals surface area (Å²) in [6.45, 7) is 7.01. The molecule has 0 aromatic heterocycles. The van der Waals surface area contributed by atoms with Crippen molar-refractivity contribution in [3.63, 3.8) is 0 Å². The van der Waals surface area contributed by atoms with Crippen LogP contribution < -0.4 is 0 Å². The molecule has 0 unspecified atom stereocenters. The van der Waals surface area contributed by atoms with Crippen molar-refractivity contribution in [3.05, 3.63) is 47.1 Å². The van der Waals surface area contributed by atoms with Crippen molar-refractivity contribution in [1.82, 2.24) is 0 Å². The van der Waals surface area contributed by atoms with Gasteiger partial charge in [0.05, 0.1) is 6.42 Å². The molecule has 2 heteroatoms. The molecule has 0 atom stereocenters. The van der Waals surface area contributed by atoms with Gasteiger partial charge in [0.2, 0.25) is 5.54 Å². The Morgan fingerprint density at radius 2 is 1.92 bits per heavy atom. The fraction of sp³-hybridized carbons (Fsp3) is 0.364. The molecule has 1 aromatic carbocycles. The zero-order valence-corrected chi connectivity index (χ0v) is 7.26. The van der Waals surface area contributed by atoms with Crippen molar-refractivity contribution >= 4 is 0 Å². The maximum Gasteiger partial charge on any atom is 0.237 e. The highest BCUT2D eigenvalue weighted by atomic mass is 19.1. The number of nitrogens with zero attached hydrogens (tertiary/aromatic N) is 1. The van der Waals surface area contributed by atoms with Gasteiger partial charge in [-0.25, -0.2) is 11.0 Å². The van der Waals surface area contributed by atoms with Crippen LogP contribution >= 0.6 is 0 Å². The van der Waals surface area contributed by atoms with E-state index >= 15 is 0 Å². The van der Waals surface area contributed by atoms with E-state index in [2.05, 4.69) is 4.85 Å². The molecule has 2 rings (SSSR count). The Labute approximate surface area is 77.0 Å². The quantitative estimate of drug-likeness (QED) is 0.609. The second-order valence-corrected chi connectivity index (χ2v) is 3.64. The maximum absolute atomic E-state index is 12.6.